The van der Waals surface area contributed by atoms with E-state index in [0.717, 1.165) is 22.4 Å². The molecule has 0 saturated heterocycles. The first-order valence-corrected chi connectivity index (χ1v) is 8.82. The summed E-state index contributed by atoms with van der Waals surface area (Å²) < 4.78 is 4.82. The standard InChI is InChI=1S/C17H19ClO3S/c1-21-17(20)15-14(22-2)10-13(11-6-3-4-7-11)12(16(15)19)8-5-9-18/h3-4,6-7,10-11,19H,5,8-9H2,1-2H3. The van der Waals surface area contributed by atoms with Crippen molar-refractivity contribution in [1.29, 1.82) is 0 Å². The number of allylic oxidation sites excluding steroid dienone is 4. The summed E-state index contributed by atoms with van der Waals surface area (Å²) >= 11 is 7.22. The quantitative estimate of drug-likeness (QED) is 0.477. The van der Waals surface area contributed by atoms with Crippen LogP contribution in [-0.2, 0) is 11.2 Å². The number of phenolic OH excluding ortho intramolecular Hbond substituents is 1. The van der Waals surface area contributed by atoms with Crippen molar-refractivity contribution in [3.63, 3.8) is 0 Å². The highest BCUT2D eigenvalue weighted by molar-refractivity contribution is 7.98. The van der Waals surface area contributed by atoms with Crippen LogP contribution in [0.5, 0.6) is 5.75 Å². The molecule has 1 aromatic rings. The minimum absolute atomic E-state index is 0.0208. The lowest BCUT2D eigenvalue weighted by molar-refractivity contribution is 0.0593. The van der Waals surface area contributed by atoms with Gasteiger partial charge in [0.05, 0.1) is 7.11 Å². The third-order valence-corrected chi connectivity index (χ3v) is 4.71. The molecule has 0 aromatic heterocycles. The number of esters is 1. The Balaban J connectivity index is 2.61. The van der Waals surface area contributed by atoms with Gasteiger partial charge < -0.3 is 9.84 Å². The molecule has 0 amide bonds. The summed E-state index contributed by atoms with van der Waals surface area (Å²) in [6.45, 7) is 0. The smallest absolute Gasteiger partial charge is 0.342 e. The van der Waals surface area contributed by atoms with E-state index in [-0.39, 0.29) is 17.2 Å². The molecule has 1 aliphatic carbocycles. The lowest BCUT2D eigenvalue weighted by atomic mass is 9.90. The maximum atomic E-state index is 12.0. The number of alkyl halides is 1. The Kier molecular flexibility index (Phi) is 5.98. The Hall–Kier alpha value is -1.39. The Labute approximate surface area is 140 Å². The van der Waals surface area contributed by atoms with E-state index in [2.05, 4.69) is 12.2 Å². The SMILES string of the molecule is COC(=O)c1c(SC)cc(C2C=CC=C2)c(CCCCl)c1O. The molecule has 0 saturated carbocycles. The van der Waals surface area contributed by atoms with E-state index >= 15 is 0 Å². The van der Waals surface area contributed by atoms with Crippen LogP contribution in [0.25, 0.3) is 0 Å². The average molecular weight is 339 g/mol. The molecule has 0 unspecified atom stereocenters. The zero-order chi connectivity index (χ0) is 16.1. The number of thioether (sulfide) groups is 1. The fourth-order valence-corrected chi connectivity index (χ4v) is 3.37. The molecular formula is C17H19ClO3S. The predicted molar refractivity (Wildman–Crippen MR) is 91.3 cm³/mol. The van der Waals surface area contributed by atoms with Crippen LogP contribution in [0.1, 0.15) is 33.8 Å². The van der Waals surface area contributed by atoms with E-state index in [9.17, 15) is 9.90 Å². The molecule has 0 fully saturated rings. The summed E-state index contributed by atoms with van der Waals surface area (Å²) in [5.41, 5.74) is 2.04. The average Bonchev–Trinajstić information content (AvgIpc) is 3.06. The Morgan fingerprint density at radius 2 is 2.09 bits per heavy atom. The summed E-state index contributed by atoms with van der Waals surface area (Å²) in [7, 11) is 1.32. The van der Waals surface area contributed by atoms with Crippen molar-refractivity contribution in [2.24, 2.45) is 0 Å². The fourth-order valence-electron chi connectivity index (χ4n) is 2.61. The molecular weight excluding hydrogens is 320 g/mol. The normalized spacial score (nSPS) is 13.8. The van der Waals surface area contributed by atoms with Gasteiger partial charge in [-0.25, -0.2) is 4.79 Å². The van der Waals surface area contributed by atoms with Gasteiger partial charge in [-0.15, -0.1) is 23.4 Å². The van der Waals surface area contributed by atoms with Crippen molar-refractivity contribution < 1.29 is 14.6 Å². The van der Waals surface area contributed by atoms with Gasteiger partial charge in [0.1, 0.15) is 11.3 Å². The predicted octanol–water partition coefficient (Wildman–Crippen LogP) is 4.28. The van der Waals surface area contributed by atoms with Crippen molar-refractivity contribution in [3.05, 3.63) is 47.1 Å². The Bertz CT molecular complexity index is 611. The summed E-state index contributed by atoms with van der Waals surface area (Å²) in [5.74, 6) is 0.131. The van der Waals surface area contributed by atoms with Crippen LogP contribution in [0.2, 0.25) is 0 Å². The molecule has 0 radical (unpaired) electrons. The van der Waals surface area contributed by atoms with E-state index in [1.165, 1.54) is 18.9 Å². The van der Waals surface area contributed by atoms with Crippen molar-refractivity contribution in [2.45, 2.75) is 23.7 Å². The third-order valence-electron chi connectivity index (χ3n) is 3.68. The number of phenols is 1. The number of hydrogen-bond acceptors (Lipinski definition) is 4. The minimum atomic E-state index is -0.516. The zero-order valence-electron chi connectivity index (χ0n) is 12.6. The first-order valence-electron chi connectivity index (χ1n) is 7.06. The number of aromatic hydroxyl groups is 1. The van der Waals surface area contributed by atoms with Gasteiger partial charge in [0.25, 0.3) is 0 Å². The summed E-state index contributed by atoms with van der Waals surface area (Å²) in [5, 5.41) is 10.7. The molecule has 5 heteroatoms. The molecule has 0 heterocycles. The molecule has 1 aliphatic rings. The largest absolute Gasteiger partial charge is 0.507 e. The fraction of sp³-hybridized carbons (Fsp3) is 0.353. The van der Waals surface area contributed by atoms with Gasteiger partial charge in [-0.3, -0.25) is 0 Å². The second-order valence-corrected chi connectivity index (χ2v) is 6.18. The maximum Gasteiger partial charge on any atom is 0.342 e. The lowest BCUT2D eigenvalue weighted by Gasteiger charge is -2.19. The summed E-state index contributed by atoms with van der Waals surface area (Å²) in [6.07, 6.45) is 11.4. The monoisotopic (exact) mass is 338 g/mol. The number of methoxy groups -OCH3 is 1. The van der Waals surface area contributed by atoms with E-state index in [4.69, 9.17) is 16.3 Å². The first-order chi connectivity index (χ1) is 10.6. The number of ether oxygens (including phenoxy) is 1. The minimum Gasteiger partial charge on any atom is -0.507 e. The van der Waals surface area contributed by atoms with Crippen LogP contribution >= 0.6 is 23.4 Å². The van der Waals surface area contributed by atoms with E-state index < -0.39 is 5.97 Å². The highest BCUT2D eigenvalue weighted by atomic mass is 35.5. The number of halogens is 1. The van der Waals surface area contributed by atoms with E-state index in [1.54, 1.807) is 0 Å². The van der Waals surface area contributed by atoms with Gasteiger partial charge in [0.2, 0.25) is 0 Å². The van der Waals surface area contributed by atoms with Gasteiger partial charge in [-0.1, -0.05) is 24.3 Å². The number of carbonyl (C=O) groups excluding carboxylic acids is 1. The maximum absolute atomic E-state index is 12.0. The molecule has 0 aliphatic heterocycles. The second kappa shape index (κ2) is 7.75. The molecule has 1 N–H and O–H groups in total. The van der Waals surface area contributed by atoms with Gasteiger partial charge >= 0.3 is 5.97 Å². The van der Waals surface area contributed by atoms with Gasteiger partial charge in [0, 0.05) is 16.7 Å². The summed E-state index contributed by atoms with van der Waals surface area (Å²) in [4.78, 5) is 12.7. The molecule has 3 nitrogen and oxygen atoms in total. The van der Waals surface area contributed by atoms with Crippen LogP contribution in [0.4, 0.5) is 0 Å². The third kappa shape index (κ3) is 3.33. The van der Waals surface area contributed by atoms with Crippen molar-refractivity contribution >= 4 is 29.3 Å². The van der Waals surface area contributed by atoms with Crippen LogP contribution in [0, 0.1) is 0 Å². The highest BCUT2D eigenvalue weighted by Crippen LogP contribution is 2.40. The number of hydrogen-bond donors (Lipinski definition) is 1. The first kappa shape index (κ1) is 17.0. The molecule has 0 spiro atoms. The molecule has 118 valence electrons. The zero-order valence-corrected chi connectivity index (χ0v) is 14.2. The number of carbonyl (C=O) groups is 1. The van der Waals surface area contributed by atoms with Gasteiger partial charge in [0.15, 0.2) is 0 Å². The van der Waals surface area contributed by atoms with Crippen LogP contribution in [0.15, 0.2) is 35.3 Å². The van der Waals surface area contributed by atoms with Crippen LogP contribution < -0.4 is 0 Å². The number of rotatable bonds is 6. The van der Waals surface area contributed by atoms with Crippen LogP contribution in [-0.4, -0.2) is 30.3 Å². The Morgan fingerprint density at radius 1 is 1.41 bits per heavy atom. The lowest BCUT2D eigenvalue weighted by Crippen LogP contribution is -2.09. The molecule has 0 atom stereocenters. The molecule has 22 heavy (non-hydrogen) atoms. The van der Waals surface area contributed by atoms with Crippen molar-refractivity contribution in [2.75, 3.05) is 19.2 Å². The van der Waals surface area contributed by atoms with Crippen molar-refractivity contribution in [1.82, 2.24) is 0 Å². The van der Waals surface area contributed by atoms with E-state index in [0.29, 0.717) is 12.3 Å². The molecule has 0 bridgehead atoms. The second-order valence-electron chi connectivity index (χ2n) is 4.95. The molecule has 1 aromatic carbocycles. The number of benzene rings is 1. The highest BCUT2D eigenvalue weighted by Gasteiger charge is 2.25. The van der Waals surface area contributed by atoms with Crippen molar-refractivity contribution in [3.8, 4) is 5.75 Å². The van der Waals surface area contributed by atoms with E-state index in [1.807, 2.05) is 24.5 Å². The topological polar surface area (TPSA) is 46.5 Å². The Morgan fingerprint density at radius 3 is 2.64 bits per heavy atom. The molecule has 2 rings (SSSR count). The van der Waals surface area contributed by atoms with Gasteiger partial charge in [-0.05, 0) is 36.3 Å². The van der Waals surface area contributed by atoms with Crippen LogP contribution in [0.3, 0.4) is 0 Å². The summed E-state index contributed by atoms with van der Waals surface area (Å²) in [6, 6.07) is 1.98. The van der Waals surface area contributed by atoms with Gasteiger partial charge in [-0.2, -0.15) is 0 Å².